The maximum atomic E-state index is 13.2. The van der Waals surface area contributed by atoms with Crippen molar-refractivity contribution in [2.45, 2.75) is 25.8 Å². The average Bonchev–Trinajstić information content (AvgIpc) is 2.76. The number of carbonyl (C=O) groups excluding carboxylic acids is 2. The van der Waals surface area contributed by atoms with E-state index in [1.54, 1.807) is 12.1 Å². The molecule has 0 radical (unpaired) electrons. The van der Waals surface area contributed by atoms with E-state index in [1.807, 2.05) is 13.8 Å². The molecule has 2 aromatic carbocycles. The lowest BCUT2D eigenvalue weighted by atomic mass is 9.84. The van der Waals surface area contributed by atoms with Crippen molar-refractivity contribution in [3.63, 3.8) is 0 Å². The van der Waals surface area contributed by atoms with Gasteiger partial charge in [0.2, 0.25) is 5.91 Å². The third-order valence-electron chi connectivity index (χ3n) is 5.01. The second-order valence-electron chi connectivity index (χ2n) is 8.01. The van der Waals surface area contributed by atoms with Crippen LogP contribution in [0.5, 0.6) is 0 Å². The summed E-state index contributed by atoms with van der Waals surface area (Å²) in [4.78, 5) is 37.0. The Morgan fingerprint density at radius 1 is 0.906 bits per heavy atom. The van der Waals surface area contributed by atoms with Crippen LogP contribution in [0.25, 0.3) is 0 Å². The number of nitrogens with one attached hydrogen (secondary N) is 2. The predicted molar refractivity (Wildman–Crippen MR) is 117 cm³/mol. The van der Waals surface area contributed by atoms with Gasteiger partial charge in [0.05, 0.1) is 5.56 Å². The largest absolute Gasteiger partial charge is 0.354 e. The van der Waals surface area contributed by atoms with Gasteiger partial charge in [-0.05, 0) is 48.0 Å². The lowest BCUT2D eigenvalue weighted by molar-refractivity contribution is -0.121. The molecule has 0 aliphatic rings. The van der Waals surface area contributed by atoms with Crippen LogP contribution in [-0.2, 0) is 16.8 Å². The quantitative estimate of drug-likeness (QED) is 0.592. The first-order valence-electron chi connectivity index (χ1n) is 9.94. The van der Waals surface area contributed by atoms with E-state index in [4.69, 9.17) is 0 Å². The summed E-state index contributed by atoms with van der Waals surface area (Å²) >= 11 is 0. The molecule has 8 heteroatoms. The molecule has 1 aromatic heterocycles. The van der Waals surface area contributed by atoms with Gasteiger partial charge in [-0.3, -0.25) is 14.4 Å². The lowest BCUT2D eigenvalue weighted by Crippen LogP contribution is -2.39. The third-order valence-corrected chi connectivity index (χ3v) is 5.01. The predicted octanol–water partition coefficient (Wildman–Crippen LogP) is 3.47. The summed E-state index contributed by atoms with van der Waals surface area (Å²) in [5.74, 6) is -1.66. The molecule has 2 amide bonds. The summed E-state index contributed by atoms with van der Waals surface area (Å²) in [5, 5.41) is 5.38. The van der Waals surface area contributed by atoms with Gasteiger partial charge in [-0.2, -0.15) is 0 Å². The van der Waals surface area contributed by atoms with Crippen molar-refractivity contribution >= 4 is 17.5 Å². The van der Waals surface area contributed by atoms with Crippen LogP contribution in [0, 0.1) is 11.6 Å². The number of hydrogen-bond donors (Lipinski definition) is 2. The van der Waals surface area contributed by atoms with E-state index in [9.17, 15) is 23.2 Å². The molecule has 2 N–H and O–H groups in total. The van der Waals surface area contributed by atoms with Crippen molar-refractivity contribution in [3.05, 3.63) is 100.0 Å². The highest BCUT2D eigenvalue weighted by Gasteiger charge is 2.21. The minimum absolute atomic E-state index is 0.174. The van der Waals surface area contributed by atoms with Crippen molar-refractivity contribution in [2.24, 2.45) is 0 Å². The molecular weight excluding hydrogens is 416 g/mol. The number of nitrogens with zero attached hydrogens (tertiary/aromatic N) is 1. The first-order chi connectivity index (χ1) is 15.1. The Balaban J connectivity index is 1.64. The van der Waals surface area contributed by atoms with Crippen LogP contribution in [0.2, 0.25) is 0 Å². The van der Waals surface area contributed by atoms with Crippen LogP contribution in [-0.4, -0.2) is 22.9 Å². The number of hydrogen-bond acceptors (Lipinski definition) is 3. The maximum Gasteiger partial charge on any atom is 0.257 e. The van der Waals surface area contributed by atoms with Gasteiger partial charge in [-0.15, -0.1) is 0 Å². The van der Waals surface area contributed by atoms with E-state index < -0.39 is 28.6 Å². The number of pyridine rings is 1. The fraction of sp³-hybridized carbons (Fsp3) is 0.208. The number of aromatic nitrogens is 1. The zero-order valence-corrected chi connectivity index (χ0v) is 17.7. The van der Waals surface area contributed by atoms with Crippen LogP contribution in [0.15, 0.2) is 71.7 Å². The third kappa shape index (κ3) is 5.87. The van der Waals surface area contributed by atoms with Gasteiger partial charge in [0.25, 0.3) is 11.5 Å². The van der Waals surface area contributed by atoms with Gasteiger partial charge in [0.15, 0.2) is 0 Å². The minimum atomic E-state index is -0.497. The second kappa shape index (κ2) is 9.55. The number of anilines is 1. The van der Waals surface area contributed by atoms with E-state index in [-0.39, 0.29) is 24.5 Å². The second-order valence-corrected chi connectivity index (χ2v) is 8.01. The molecular formula is C24H23F2N3O3. The van der Waals surface area contributed by atoms with E-state index in [1.165, 1.54) is 54.7 Å². The molecule has 0 atom stereocenters. The molecule has 0 spiro atoms. The molecule has 0 bridgehead atoms. The zero-order valence-electron chi connectivity index (χ0n) is 17.7. The summed E-state index contributed by atoms with van der Waals surface area (Å²) in [6.07, 6.45) is 1.30. The molecule has 0 aliphatic carbocycles. The molecule has 166 valence electrons. The Kier molecular flexibility index (Phi) is 6.82. The Hall–Kier alpha value is -3.81. The summed E-state index contributed by atoms with van der Waals surface area (Å²) < 4.78 is 27.3. The fourth-order valence-electron chi connectivity index (χ4n) is 3.06. The van der Waals surface area contributed by atoms with E-state index >= 15 is 0 Å². The molecule has 3 rings (SSSR count). The average molecular weight is 439 g/mol. The van der Waals surface area contributed by atoms with Gasteiger partial charge >= 0.3 is 0 Å². The molecule has 0 saturated carbocycles. The number of amides is 2. The highest BCUT2D eigenvalue weighted by atomic mass is 19.1. The number of carbonyl (C=O) groups is 2. The van der Waals surface area contributed by atoms with Crippen LogP contribution >= 0.6 is 0 Å². The van der Waals surface area contributed by atoms with Crippen LogP contribution in [0.1, 0.15) is 29.8 Å². The van der Waals surface area contributed by atoms with Crippen molar-refractivity contribution in [1.29, 1.82) is 0 Å². The van der Waals surface area contributed by atoms with Gasteiger partial charge in [0, 0.05) is 29.9 Å². The molecule has 0 saturated heterocycles. The van der Waals surface area contributed by atoms with Crippen molar-refractivity contribution in [3.8, 4) is 0 Å². The fourth-order valence-corrected chi connectivity index (χ4v) is 3.06. The van der Waals surface area contributed by atoms with Crippen molar-refractivity contribution < 1.29 is 18.4 Å². The first kappa shape index (κ1) is 22.9. The van der Waals surface area contributed by atoms with Gasteiger partial charge in [-0.1, -0.05) is 26.0 Å². The summed E-state index contributed by atoms with van der Waals surface area (Å²) in [6, 6.07) is 13.9. The number of benzene rings is 2. The SMILES string of the molecule is CC(C)(CNC(=O)Cn1cc(C(=O)Nc2ccc(F)cc2)ccc1=O)c1ccc(F)cc1. The monoisotopic (exact) mass is 439 g/mol. The van der Waals surface area contributed by atoms with Crippen molar-refractivity contribution in [1.82, 2.24) is 9.88 Å². The lowest BCUT2D eigenvalue weighted by Gasteiger charge is -2.25. The molecule has 0 unspecified atom stereocenters. The Bertz CT molecular complexity index is 1170. The minimum Gasteiger partial charge on any atom is -0.354 e. The van der Waals surface area contributed by atoms with E-state index in [0.717, 1.165) is 10.1 Å². The maximum absolute atomic E-state index is 13.2. The molecule has 1 heterocycles. The zero-order chi connectivity index (χ0) is 23.3. The Morgan fingerprint density at radius 3 is 2.12 bits per heavy atom. The smallest absolute Gasteiger partial charge is 0.257 e. The highest BCUT2D eigenvalue weighted by Crippen LogP contribution is 2.22. The standard InChI is InChI=1S/C24H23F2N3O3/c1-24(2,17-4-6-18(25)7-5-17)15-27-21(30)14-29-13-16(3-12-22(29)31)23(32)28-20-10-8-19(26)9-11-20/h3-13H,14-15H2,1-2H3,(H,27,30)(H,28,32). The van der Waals surface area contributed by atoms with Crippen LogP contribution in [0.4, 0.5) is 14.5 Å². The summed E-state index contributed by atoms with van der Waals surface area (Å²) in [6.45, 7) is 3.83. The van der Waals surface area contributed by atoms with E-state index in [0.29, 0.717) is 5.69 Å². The summed E-state index contributed by atoms with van der Waals surface area (Å²) in [5.41, 5.74) is 0.543. The van der Waals surface area contributed by atoms with Gasteiger partial charge in [0.1, 0.15) is 18.2 Å². The molecule has 0 fully saturated rings. The number of rotatable bonds is 7. The topological polar surface area (TPSA) is 80.2 Å². The van der Waals surface area contributed by atoms with Crippen LogP contribution < -0.4 is 16.2 Å². The Labute approximate surface area is 183 Å². The number of halogens is 2. The normalized spacial score (nSPS) is 11.1. The first-order valence-corrected chi connectivity index (χ1v) is 9.94. The summed E-state index contributed by atoms with van der Waals surface area (Å²) in [7, 11) is 0. The molecule has 0 aliphatic heterocycles. The Morgan fingerprint density at radius 2 is 1.50 bits per heavy atom. The van der Waals surface area contributed by atoms with E-state index in [2.05, 4.69) is 10.6 Å². The molecule has 3 aromatic rings. The van der Waals surface area contributed by atoms with Gasteiger partial charge in [-0.25, -0.2) is 8.78 Å². The highest BCUT2D eigenvalue weighted by molar-refractivity contribution is 6.04. The van der Waals surface area contributed by atoms with Gasteiger partial charge < -0.3 is 15.2 Å². The van der Waals surface area contributed by atoms with Crippen molar-refractivity contribution in [2.75, 3.05) is 11.9 Å². The van der Waals surface area contributed by atoms with Crippen LogP contribution in [0.3, 0.4) is 0 Å². The molecule has 32 heavy (non-hydrogen) atoms. The molecule has 6 nitrogen and oxygen atoms in total.